The van der Waals surface area contributed by atoms with Gasteiger partial charge in [-0.3, -0.25) is 24.6 Å². The maximum atomic E-state index is 13.6. The second-order valence-electron chi connectivity index (χ2n) is 9.16. The third-order valence-electron chi connectivity index (χ3n) is 7.51. The van der Waals surface area contributed by atoms with Crippen molar-refractivity contribution in [1.29, 1.82) is 0 Å². The number of nitrogens with one attached hydrogen (secondary N) is 3. The fourth-order valence-electron chi connectivity index (χ4n) is 6.26. The lowest BCUT2D eigenvalue weighted by Gasteiger charge is -2.36. The van der Waals surface area contributed by atoms with Gasteiger partial charge in [0.05, 0.1) is 16.6 Å². The summed E-state index contributed by atoms with van der Waals surface area (Å²) in [7, 11) is 0. The van der Waals surface area contributed by atoms with Gasteiger partial charge in [-0.05, 0) is 40.8 Å². The number of nitrogens with zero attached hydrogens (tertiary/aromatic N) is 4. The summed E-state index contributed by atoms with van der Waals surface area (Å²) in [6.07, 6.45) is 1.40. The van der Waals surface area contributed by atoms with Crippen LogP contribution in [-0.4, -0.2) is 60.5 Å². The minimum atomic E-state index is -1.61. The highest BCUT2D eigenvalue weighted by Gasteiger charge is 2.79. The molecule has 2 aromatic rings. The molecule has 32 heavy (non-hydrogen) atoms. The van der Waals surface area contributed by atoms with Crippen LogP contribution in [-0.2, 0) is 19.9 Å². The number of carbonyl (C=O) groups is 3. The molecule has 2 saturated heterocycles. The molecular weight excluding hydrogens is 461 g/mol. The van der Waals surface area contributed by atoms with Crippen LogP contribution in [0.4, 0.5) is 11.6 Å². The van der Waals surface area contributed by atoms with Crippen LogP contribution in [0.15, 0.2) is 12.1 Å². The SMILES string of the molecule is C[C@]12CC3C(C(=O)Nc4nnn[nH]4)C(C(=O)O)C4(C(=O)Nc5c(Cl)cc(Cl)cc54)N3C1C2. The number of anilines is 2. The van der Waals surface area contributed by atoms with Crippen LogP contribution >= 0.6 is 23.2 Å². The number of benzene rings is 1. The molecule has 5 unspecified atom stereocenters. The standard InChI is InChI=1S/C19H17Cl2N7O4/c1-18-4-9-11(14(29)23-17-24-26-27-25-17)12(15(30)31)19(28(9)10(18)5-18)7-2-6(20)3-8(21)13(7)22-16(19)32/h2-3,9-12H,4-5H2,1H3,(H,22,32)(H,30,31)(H2,23,24,25,26,27,29)/t9?,10?,11?,12?,18-,19?/m1/s1. The lowest BCUT2D eigenvalue weighted by molar-refractivity contribution is -0.152. The summed E-state index contributed by atoms with van der Waals surface area (Å²) in [4.78, 5) is 41.7. The van der Waals surface area contributed by atoms with E-state index in [4.69, 9.17) is 23.2 Å². The zero-order valence-electron chi connectivity index (χ0n) is 16.6. The Bertz CT molecular complexity index is 1210. The Kier molecular flexibility index (Phi) is 3.84. The molecular formula is C19H17Cl2N7O4. The molecule has 1 aromatic heterocycles. The molecule has 11 nitrogen and oxygen atoms in total. The second kappa shape index (κ2) is 6.18. The van der Waals surface area contributed by atoms with Gasteiger partial charge >= 0.3 is 5.97 Å². The van der Waals surface area contributed by atoms with Gasteiger partial charge in [0, 0.05) is 22.7 Å². The number of aromatic amines is 1. The Morgan fingerprint density at radius 3 is 2.78 bits per heavy atom. The minimum Gasteiger partial charge on any atom is -0.481 e. The van der Waals surface area contributed by atoms with E-state index in [0.717, 1.165) is 6.42 Å². The number of tetrazole rings is 1. The third-order valence-corrected chi connectivity index (χ3v) is 8.03. The Hall–Kier alpha value is -2.76. The molecule has 3 aliphatic heterocycles. The molecule has 6 rings (SSSR count). The summed E-state index contributed by atoms with van der Waals surface area (Å²) >= 11 is 12.7. The van der Waals surface area contributed by atoms with Crippen LogP contribution in [0, 0.1) is 17.3 Å². The maximum absolute atomic E-state index is 13.6. The first-order chi connectivity index (χ1) is 15.2. The second-order valence-corrected chi connectivity index (χ2v) is 10.0. The molecule has 13 heteroatoms. The molecule has 1 aliphatic carbocycles. The van der Waals surface area contributed by atoms with E-state index < -0.39 is 41.2 Å². The monoisotopic (exact) mass is 477 g/mol. The van der Waals surface area contributed by atoms with Crippen molar-refractivity contribution < 1.29 is 19.5 Å². The molecule has 0 bridgehead atoms. The van der Waals surface area contributed by atoms with E-state index in [1.54, 1.807) is 6.07 Å². The number of H-pyrrole nitrogens is 1. The molecule has 4 heterocycles. The summed E-state index contributed by atoms with van der Waals surface area (Å²) in [6.45, 7) is 2.09. The minimum absolute atomic E-state index is 0.00312. The van der Waals surface area contributed by atoms with Crippen LogP contribution in [0.2, 0.25) is 10.0 Å². The van der Waals surface area contributed by atoms with E-state index >= 15 is 0 Å². The van der Waals surface area contributed by atoms with Gasteiger partial charge in [-0.25, -0.2) is 5.10 Å². The number of aliphatic carboxylic acids is 1. The van der Waals surface area contributed by atoms with Crippen molar-refractivity contribution in [1.82, 2.24) is 25.5 Å². The topological polar surface area (TPSA) is 153 Å². The largest absolute Gasteiger partial charge is 0.481 e. The predicted molar refractivity (Wildman–Crippen MR) is 111 cm³/mol. The molecule has 1 saturated carbocycles. The van der Waals surface area contributed by atoms with Crippen molar-refractivity contribution in [3.63, 3.8) is 0 Å². The maximum Gasteiger partial charge on any atom is 0.310 e. The predicted octanol–water partition coefficient (Wildman–Crippen LogP) is 1.48. The number of piperidine rings is 1. The number of aromatic nitrogens is 4. The molecule has 3 fully saturated rings. The van der Waals surface area contributed by atoms with Crippen molar-refractivity contribution in [2.75, 3.05) is 10.6 Å². The molecule has 166 valence electrons. The van der Waals surface area contributed by atoms with Crippen molar-refractivity contribution in [2.45, 2.75) is 37.4 Å². The summed E-state index contributed by atoms with van der Waals surface area (Å²) in [5, 5.41) is 29.2. The summed E-state index contributed by atoms with van der Waals surface area (Å²) in [5.41, 5.74) is -0.981. The first-order valence-corrected chi connectivity index (χ1v) is 10.8. The highest BCUT2D eigenvalue weighted by Crippen LogP contribution is 2.70. The highest BCUT2D eigenvalue weighted by atomic mass is 35.5. The quantitative estimate of drug-likeness (QED) is 0.518. The molecule has 1 aromatic carbocycles. The van der Waals surface area contributed by atoms with Crippen LogP contribution in [0.5, 0.6) is 0 Å². The number of carboxylic acid groups (broad SMARTS) is 1. The van der Waals surface area contributed by atoms with Gasteiger partial charge in [-0.15, -0.1) is 0 Å². The fraction of sp³-hybridized carbons (Fsp3) is 0.474. The molecule has 4 aliphatic rings. The first-order valence-electron chi connectivity index (χ1n) is 10.1. The number of halogens is 2. The number of hydrogen-bond donors (Lipinski definition) is 4. The van der Waals surface area contributed by atoms with Gasteiger partial charge < -0.3 is 10.4 Å². The number of carbonyl (C=O) groups excluding carboxylic acids is 2. The number of fused-ring (bicyclic) bond motifs is 6. The lowest BCUT2D eigenvalue weighted by Crippen LogP contribution is -2.54. The first kappa shape index (κ1) is 19.9. The van der Waals surface area contributed by atoms with Crippen LogP contribution < -0.4 is 10.6 Å². The van der Waals surface area contributed by atoms with Crippen molar-refractivity contribution in [3.8, 4) is 0 Å². The zero-order valence-corrected chi connectivity index (χ0v) is 18.1. The Morgan fingerprint density at radius 2 is 2.09 bits per heavy atom. The van der Waals surface area contributed by atoms with E-state index in [1.807, 2.05) is 4.90 Å². The summed E-state index contributed by atoms with van der Waals surface area (Å²) < 4.78 is 0. The Labute approximate surface area is 190 Å². The molecule has 0 radical (unpaired) electrons. The normalized spacial score (nSPS) is 36.5. The molecule has 2 amide bonds. The van der Waals surface area contributed by atoms with Gasteiger partial charge in [0.1, 0.15) is 11.5 Å². The van der Waals surface area contributed by atoms with E-state index in [0.29, 0.717) is 17.7 Å². The summed E-state index contributed by atoms with van der Waals surface area (Å²) in [5.74, 6) is -4.73. The van der Waals surface area contributed by atoms with Crippen molar-refractivity contribution in [2.24, 2.45) is 17.3 Å². The Morgan fingerprint density at radius 1 is 1.31 bits per heavy atom. The molecule has 1 spiro atoms. The lowest BCUT2D eigenvalue weighted by atomic mass is 9.73. The molecule has 4 N–H and O–H groups in total. The number of hydrogen-bond acceptors (Lipinski definition) is 7. The number of carboxylic acids is 1. The van der Waals surface area contributed by atoms with Crippen LogP contribution in [0.1, 0.15) is 25.3 Å². The van der Waals surface area contributed by atoms with Crippen LogP contribution in [0.25, 0.3) is 0 Å². The van der Waals surface area contributed by atoms with Gasteiger partial charge in [-0.1, -0.05) is 35.2 Å². The zero-order chi connectivity index (χ0) is 22.6. The third kappa shape index (κ3) is 2.30. The van der Waals surface area contributed by atoms with E-state index in [9.17, 15) is 19.5 Å². The van der Waals surface area contributed by atoms with Gasteiger partial charge in [0.2, 0.25) is 11.9 Å². The smallest absolute Gasteiger partial charge is 0.310 e. The van der Waals surface area contributed by atoms with Crippen LogP contribution in [0.3, 0.4) is 0 Å². The molecule has 6 atom stereocenters. The van der Waals surface area contributed by atoms with E-state index in [1.165, 1.54) is 6.07 Å². The number of rotatable bonds is 3. The van der Waals surface area contributed by atoms with Gasteiger partial charge in [0.25, 0.3) is 5.91 Å². The van der Waals surface area contributed by atoms with Crippen molar-refractivity contribution >= 4 is 52.6 Å². The average molecular weight is 478 g/mol. The van der Waals surface area contributed by atoms with E-state index in [-0.39, 0.29) is 27.5 Å². The summed E-state index contributed by atoms with van der Waals surface area (Å²) in [6, 6.07) is 2.57. The van der Waals surface area contributed by atoms with Gasteiger partial charge in [-0.2, -0.15) is 0 Å². The van der Waals surface area contributed by atoms with Crippen molar-refractivity contribution in [3.05, 3.63) is 27.7 Å². The fourth-order valence-corrected chi connectivity index (χ4v) is 6.80. The average Bonchev–Trinajstić information content (AvgIpc) is 3.12. The Balaban J connectivity index is 1.56. The number of amides is 2. The van der Waals surface area contributed by atoms with Gasteiger partial charge in [0.15, 0.2) is 0 Å². The highest BCUT2D eigenvalue weighted by molar-refractivity contribution is 6.38. The van der Waals surface area contributed by atoms with E-state index in [2.05, 4.69) is 38.2 Å².